The molecule has 5 nitrogen and oxygen atoms in total. The molecule has 0 fully saturated rings. The third-order valence-corrected chi connectivity index (χ3v) is 4.54. The van der Waals surface area contributed by atoms with Gasteiger partial charge in [0, 0.05) is 25.7 Å². The van der Waals surface area contributed by atoms with E-state index in [1.54, 1.807) is 13.0 Å². The molecule has 0 saturated carbocycles. The van der Waals surface area contributed by atoms with Crippen molar-refractivity contribution >= 4 is 40.4 Å². The van der Waals surface area contributed by atoms with Gasteiger partial charge in [0.2, 0.25) is 11.7 Å². The van der Waals surface area contributed by atoms with Crippen molar-refractivity contribution in [2.24, 2.45) is 4.99 Å². The predicted molar refractivity (Wildman–Crippen MR) is 107 cm³/mol. The number of benzene rings is 1. The Kier molecular flexibility index (Phi) is 6.75. The highest BCUT2D eigenvalue weighted by Crippen LogP contribution is 2.26. The van der Waals surface area contributed by atoms with Crippen molar-refractivity contribution in [3.05, 3.63) is 46.6 Å². The van der Waals surface area contributed by atoms with Crippen LogP contribution in [0.15, 0.2) is 51.6 Å². The maximum atomic E-state index is 12.2. The number of rotatable bonds is 6. The molecule has 1 aromatic rings. The van der Waals surface area contributed by atoms with E-state index >= 15 is 0 Å². The van der Waals surface area contributed by atoms with E-state index in [0.29, 0.717) is 11.3 Å². The highest BCUT2D eigenvalue weighted by Gasteiger charge is 2.24. The fourth-order valence-electron chi connectivity index (χ4n) is 2.73. The number of hydrogen-bond donors (Lipinski definition) is 1. The Balaban J connectivity index is 2.33. The molecule has 0 heterocycles. The molecule has 6 heteroatoms. The van der Waals surface area contributed by atoms with Crippen molar-refractivity contribution in [1.82, 2.24) is 5.32 Å². The Morgan fingerprint density at radius 3 is 2.42 bits per heavy atom. The Bertz CT molecular complexity index is 792. The first kappa shape index (κ1) is 19.9. The van der Waals surface area contributed by atoms with Gasteiger partial charge in [0.05, 0.1) is 22.1 Å². The Morgan fingerprint density at radius 2 is 1.88 bits per heavy atom. The second-order valence-corrected chi connectivity index (χ2v) is 6.48. The summed E-state index contributed by atoms with van der Waals surface area (Å²) in [5, 5.41) is 2.59. The third-order valence-electron chi connectivity index (χ3n) is 4.09. The zero-order valence-electron chi connectivity index (χ0n) is 15.6. The monoisotopic (exact) mass is 373 g/mol. The number of amides is 1. The number of carbonyl (C=O) groups is 2. The van der Waals surface area contributed by atoms with Gasteiger partial charge in [-0.1, -0.05) is 18.5 Å². The van der Waals surface area contributed by atoms with Crippen LogP contribution in [0, 0.1) is 0 Å². The lowest BCUT2D eigenvalue weighted by atomic mass is 10.0. The largest absolute Gasteiger partial charge is 0.372 e. The minimum absolute atomic E-state index is 0.0757. The summed E-state index contributed by atoms with van der Waals surface area (Å²) < 4.78 is 0. The summed E-state index contributed by atoms with van der Waals surface area (Å²) in [5.41, 5.74) is 3.20. The lowest BCUT2D eigenvalue weighted by molar-refractivity contribution is -0.120. The van der Waals surface area contributed by atoms with Crippen LogP contribution >= 0.6 is 11.6 Å². The standard InChI is InChI=1S/C20H24ClN3O2/c1-5-11-24(6-2)16-9-7-15(8-10-16)23-17-12-18(22-14(4)25)20(26)19(21)13(17)3/h7-10,12H,5-6,11H2,1-4H3,(H,22,25). The molecule has 0 atom stereocenters. The molecule has 138 valence electrons. The zero-order chi connectivity index (χ0) is 19.3. The zero-order valence-corrected chi connectivity index (χ0v) is 16.4. The Hall–Kier alpha value is -2.40. The maximum Gasteiger partial charge on any atom is 0.221 e. The fourth-order valence-corrected chi connectivity index (χ4v) is 2.93. The molecular weight excluding hydrogens is 350 g/mol. The fraction of sp³-hybridized carbons (Fsp3) is 0.350. The van der Waals surface area contributed by atoms with Crippen LogP contribution in [0.3, 0.4) is 0 Å². The number of nitrogens with zero attached hydrogens (tertiary/aromatic N) is 2. The van der Waals surface area contributed by atoms with Crippen LogP contribution in [0.5, 0.6) is 0 Å². The van der Waals surface area contributed by atoms with E-state index in [1.165, 1.54) is 6.92 Å². The van der Waals surface area contributed by atoms with Crippen molar-refractivity contribution in [2.45, 2.75) is 34.1 Å². The number of hydrogen-bond acceptors (Lipinski definition) is 4. The van der Waals surface area contributed by atoms with Crippen molar-refractivity contribution in [3.63, 3.8) is 0 Å². The molecule has 0 spiro atoms. The van der Waals surface area contributed by atoms with Gasteiger partial charge in [-0.15, -0.1) is 0 Å². The van der Waals surface area contributed by atoms with Gasteiger partial charge in [0.1, 0.15) is 0 Å². The molecule has 0 aliphatic heterocycles. The quantitative estimate of drug-likeness (QED) is 0.763. The van der Waals surface area contributed by atoms with E-state index in [-0.39, 0.29) is 16.6 Å². The third kappa shape index (κ3) is 4.61. The molecule has 0 radical (unpaired) electrons. The van der Waals surface area contributed by atoms with Gasteiger partial charge in [-0.05, 0) is 56.2 Å². The smallest absolute Gasteiger partial charge is 0.221 e. The summed E-state index contributed by atoms with van der Waals surface area (Å²) in [5.74, 6) is -0.722. The number of allylic oxidation sites excluding steroid dienone is 3. The molecule has 0 saturated heterocycles. The molecular formula is C20H24ClN3O2. The molecule has 2 rings (SSSR count). The normalized spacial score (nSPS) is 16.0. The number of aliphatic imine (C=N–C) groups is 1. The SMILES string of the molecule is CCCN(CC)c1ccc(N=C2C=C(NC(C)=O)C(=O)C(Cl)=C2C)cc1. The summed E-state index contributed by atoms with van der Waals surface area (Å²) in [6, 6.07) is 7.94. The van der Waals surface area contributed by atoms with Crippen LogP contribution in [0.1, 0.15) is 34.1 Å². The molecule has 26 heavy (non-hydrogen) atoms. The van der Waals surface area contributed by atoms with Crippen LogP contribution in [0.4, 0.5) is 11.4 Å². The number of carbonyl (C=O) groups excluding carboxylic acids is 2. The van der Waals surface area contributed by atoms with E-state index in [0.717, 1.165) is 30.9 Å². The van der Waals surface area contributed by atoms with Gasteiger partial charge in [-0.3, -0.25) is 9.59 Å². The Morgan fingerprint density at radius 1 is 1.23 bits per heavy atom. The summed E-state index contributed by atoms with van der Waals surface area (Å²) in [6.45, 7) is 9.34. The first-order valence-electron chi connectivity index (χ1n) is 8.71. The lowest BCUT2D eigenvalue weighted by Gasteiger charge is -2.22. The van der Waals surface area contributed by atoms with Crippen LogP contribution < -0.4 is 10.2 Å². The average molecular weight is 374 g/mol. The number of Topliss-reactive ketones (excluding diaryl/α,β-unsaturated/α-hetero) is 1. The molecule has 1 aliphatic carbocycles. The van der Waals surface area contributed by atoms with Gasteiger partial charge < -0.3 is 10.2 Å². The molecule has 1 N–H and O–H groups in total. The summed E-state index contributed by atoms with van der Waals surface area (Å²) >= 11 is 6.13. The summed E-state index contributed by atoms with van der Waals surface area (Å²) in [4.78, 5) is 30.3. The summed E-state index contributed by atoms with van der Waals surface area (Å²) in [6.07, 6.45) is 2.65. The first-order valence-corrected chi connectivity index (χ1v) is 9.09. The molecule has 1 amide bonds. The number of halogens is 1. The molecule has 0 unspecified atom stereocenters. The van der Waals surface area contributed by atoms with E-state index in [4.69, 9.17) is 11.6 Å². The van der Waals surface area contributed by atoms with Crippen molar-refractivity contribution in [1.29, 1.82) is 0 Å². The van der Waals surface area contributed by atoms with Crippen molar-refractivity contribution < 1.29 is 9.59 Å². The first-order chi connectivity index (χ1) is 12.4. The van der Waals surface area contributed by atoms with E-state index in [2.05, 4.69) is 29.1 Å². The molecule has 1 aliphatic rings. The predicted octanol–water partition coefficient (Wildman–Crippen LogP) is 4.11. The minimum Gasteiger partial charge on any atom is -0.372 e. The maximum absolute atomic E-state index is 12.2. The van der Waals surface area contributed by atoms with Crippen LogP contribution in [0.25, 0.3) is 0 Å². The summed E-state index contributed by atoms with van der Waals surface area (Å²) in [7, 11) is 0. The van der Waals surface area contributed by atoms with Crippen molar-refractivity contribution in [3.8, 4) is 0 Å². The lowest BCUT2D eigenvalue weighted by Crippen LogP contribution is -2.29. The van der Waals surface area contributed by atoms with E-state index in [9.17, 15) is 9.59 Å². The van der Waals surface area contributed by atoms with Crippen LogP contribution in [0.2, 0.25) is 0 Å². The van der Waals surface area contributed by atoms with Gasteiger partial charge >= 0.3 is 0 Å². The number of ketones is 1. The van der Waals surface area contributed by atoms with Gasteiger partial charge in [-0.2, -0.15) is 0 Å². The number of nitrogens with one attached hydrogen (secondary N) is 1. The minimum atomic E-state index is -0.396. The Labute approximate surface area is 159 Å². The highest BCUT2D eigenvalue weighted by atomic mass is 35.5. The second-order valence-electron chi connectivity index (χ2n) is 6.10. The van der Waals surface area contributed by atoms with Crippen LogP contribution in [-0.2, 0) is 9.59 Å². The van der Waals surface area contributed by atoms with Crippen molar-refractivity contribution in [2.75, 3.05) is 18.0 Å². The average Bonchev–Trinajstić information content (AvgIpc) is 2.62. The second kappa shape index (κ2) is 8.81. The molecule has 0 bridgehead atoms. The topological polar surface area (TPSA) is 61.8 Å². The number of anilines is 1. The van der Waals surface area contributed by atoms with Gasteiger partial charge in [0.15, 0.2) is 0 Å². The molecule has 0 aromatic heterocycles. The van der Waals surface area contributed by atoms with E-state index < -0.39 is 5.78 Å². The van der Waals surface area contributed by atoms with Gasteiger partial charge in [0.25, 0.3) is 0 Å². The van der Waals surface area contributed by atoms with Crippen LogP contribution in [-0.4, -0.2) is 30.5 Å². The van der Waals surface area contributed by atoms with E-state index in [1.807, 2.05) is 24.3 Å². The highest BCUT2D eigenvalue weighted by molar-refractivity contribution is 6.49. The van der Waals surface area contributed by atoms with Gasteiger partial charge in [-0.25, -0.2) is 4.99 Å². The molecule has 1 aromatic carbocycles.